The van der Waals surface area contributed by atoms with Gasteiger partial charge in [-0.2, -0.15) is 0 Å². The van der Waals surface area contributed by atoms with Gasteiger partial charge in [0.2, 0.25) is 10.0 Å². The summed E-state index contributed by atoms with van der Waals surface area (Å²) >= 11 is 6.03. The van der Waals surface area contributed by atoms with Crippen LogP contribution in [-0.2, 0) is 10.0 Å². The molecule has 1 unspecified atom stereocenters. The van der Waals surface area contributed by atoms with Crippen molar-refractivity contribution in [2.45, 2.75) is 12.8 Å². The highest BCUT2D eigenvalue weighted by Gasteiger charge is 2.26. The number of rotatable bonds is 5. The molecule has 1 aliphatic rings. The molecule has 3 aromatic rings. The summed E-state index contributed by atoms with van der Waals surface area (Å²) in [6, 6.07) is 1.75. The van der Waals surface area contributed by atoms with Gasteiger partial charge >= 0.3 is 0 Å². The van der Waals surface area contributed by atoms with Crippen LogP contribution in [0.1, 0.15) is 12.8 Å². The zero-order valence-electron chi connectivity index (χ0n) is 15.7. The van der Waals surface area contributed by atoms with Gasteiger partial charge in [0, 0.05) is 43.0 Å². The van der Waals surface area contributed by atoms with Crippen LogP contribution in [0.4, 0.5) is 10.2 Å². The number of pyridine rings is 1. The van der Waals surface area contributed by atoms with E-state index in [2.05, 4.69) is 25.3 Å². The molecular weight excluding hydrogens is 419 g/mol. The molecule has 0 saturated carbocycles. The molecular formula is C18H20ClFN6O2S. The molecule has 11 heteroatoms. The number of nitrogens with zero attached hydrogens (tertiary/aromatic N) is 4. The van der Waals surface area contributed by atoms with Gasteiger partial charge in [-0.25, -0.2) is 32.1 Å². The van der Waals surface area contributed by atoms with Crippen molar-refractivity contribution in [1.82, 2.24) is 24.2 Å². The number of fused-ring (bicyclic) bond motifs is 1. The average molecular weight is 439 g/mol. The summed E-state index contributed by atoms with van der Waals surface area (Å²) in [6.45, 7) is 1.36. The van der Waals surface area contributed by atoms with Gasteiger partial charge in [-0.3, -0.25) is 0 Å². The summed E-state index contributed by atoms with van der Waals surface area (Å²) in [4.78, 5) is 15.7. The molecule has 8 nitrogen and oxygen atoms in total. The number of hydrogen-bond acceptors (Lipinski definition) is 6. The van der Waals surface area contributed by atoms with Crippen molar-refractivity contribution < 1.29 is 12.8 Å². The fourth-order valence-corrected chi connectivity index (χ4v) is 4.62. The number of aromatic nitrogens is 4. The fourth-order valence-electron chi connectivity index (χ4n) is 3.52. The van der Waals surface area contributed by atoms with Crippen molar-refractivity contribution in [3.63, 3.8) is 0 Å². The van der Waals surface area contributed by atoms with Gasteiger partial charge in [0.1, 0.15) is 5.65 Å². The maximum Gasteiger partial charge on any atom is 0.211 e. The Morgan fingerprint density at radius 2 is 2.21 bits per heavy atom. The van der Waals surface area contributed by atoms with Crippen molar-refractivity contribution >= 4 is 38.5 Å². The van der Waals surface area contributed by atoms with Crippen LogP contribution in [-0.4, -0.2) is 58.5 Å². The van der Waals surface area contributed by atoms with Crippen LogP contribution in [0, 0.1) is 11.7 Å². The topological polar surface area (TPSA) is 104 Å². The highest BCUT2D eigenvalue weighted by molar-refractivity contribution is 7.88. The Morgan fingerprint density at radius 3 is 3.00 bits per heavy atom. The third kappa shape index (κ3) is 4.34. The zero-order valence-corrected chi connectivity index (χ0v) is 17.3. The number of H-pyrrole nitrogens is 1. The summed E-state index contributed by atoms with van der Waals surface area (Å²) < 4.78 is 39.3. The number of halogens is 2. The van der Waals surface area contributed by atoms with Gasteiger partial charge in [-0.05, 0) is 24.8 Å². The molecule has 0 aromatic carbocycles. The van der Waals surface area contributed by atoms with Gasteiger partial charge < -0.3 is 10.3 Å². The number of hydrogen-bond donors (Lipinski definition) is 2. The van der Waals surface area contributed by atoms with Crippen LogP contribution < -0.4 is 5.32 Å². The summed E-state index contributed by atoms with van der Waals surface area (Å²) in [7, 11) is -3.22. The van der Waals surface area contributed by atoms with Crippen molar-refractivity contribution in [1.29, 1.82) is 0 Å². The number of piperidine rings is 1. The summed E-state index contributed by atoms with van der Waals surface area (Å²) in [5, 5.41) is 4.24. The molecule has 29 heavy (non-hydrogen) atoms. The maximum atomic E-state index is 14.3. The van der Waals surface area contributed by atoms with Gasteiger partial charge in [-0.1, -0.05) is 11.6 Å². The Kier molecular flexibility index (Phi) is 5.41. The summed E-state index contributed by atoms with van der Waals surface area (Å²) in [5.74, 6) is -0.0747. The van der Waals surface area contributed by atoms with Crippen molar-refractivity contribution in [3.8, 4) is 11.4 Å². The Morgan fingerprint density at radius 1 is 1.38 bits per heavy atom. The second-order valence-corrected chi connectivity index (χ2v) is 9.57. The molecule has 3 aromatic heterocycles. The molecule has 4 heterocycles. The van der Waals surface area contributed by atoms with Crippen molar-refractivity contribution in [2.75, 3.05) is 31.2 Å². The molecule has 1 atom stereocenters. The first-order valence-corrected chi connectivity index (χ1v) is 11.4. The molecule has 0 amide bonds. The van der Waals surface area contributed by atoms with E-state index in [0.717, 1.165) is 24.4 Å². The van der Waals surface area contributed by atoms with E-state index in [1.54, 1.807) is 12.3 Å². The van der Waals surface area contributed by atoms with Gasteiger partial charge in [0.15, 0.2) is 17.5 Å². The predicted molar refractivity (Wildman–Crippen MR) is 110 cm³/mol. The largest absolute Gasteiger partial charge is 0.367 e. The number of anilines is 1. The van der Waals surface area contributed by atoms with Crippen molar-refractivity contribution in [2.24, 2.45) is 5.92 Å². The second-order valence-electron chi connectivity index (χ2n) is 7.15. The number of aromatic amines is 1. The third-order valence-corrected chi connectivity index (χ3v) is 6.47. The van der Waals surface area contributed by atoms with E-state index >= 15 is 0 Å². The lowest BCUT2D eigenvalue weighted by atomic mass is 10.00. The SMILES string of the molecule is CS(=O)(=O)N1CCCC(CNc2nc(-c3c[nH]c4ncc(Cl)cc34)ncc2F)C1. The minimum absolute atomic E-state index is 0.0763. The van der Waals surface area contributed by atoms with E-state index in [0.29, 0.717) is 41.7 Å². The van der Waals surface area contributed by atoms with Crippen LogP contribution in [0.25, 0.3) is 22.4 Å². The van der Waals surface area contributed by atoms with Gasteiger partial charge in [-0.15, -0.1) is 0 Å². The second kappa shape index (κ2) is 7.85. The standard InChI is InChI=1S/C18H20ClFN6O2S/c1-29(27,28)26-4-2-3-11(10-26)6-21-18-15(20)9-24-17(25-18)14-8-23-16-13(14)5-12(19)7-22-16/h5,7-9,11H,2-4,6,10H2,1H3,(H,22,23)(H,21,24,25). The fraction of sp³-hybridized carbons (Fsp3) is 0.389. The van der Waals surface area contributed by atoms with Crippen LogP contribution in [0.3, 0.4) is 0 Å². The Bertz CT molecular complexity index is 1150. The summed E-state index contributed by atoms with van der Waals surface area (Å²) in [6.07, 6.45) is 7.21. The first kappa shape index (κ1) is 20.0. The third-order valence-electron chi connectivity index (χ3n) is 4.99. The molecule has 0 bridgehead atoms. The van der Waals surface area contributed by atoms with Gasteiger partial charge in [0.25, 0.3) is 0 Å². The molecule has 0 radical (unpaired) electrons. The molecule has 0 spiro atoms. The quantitative estimate of drug-likeness (QED) is 0.634. The molecule has 1 saturated heterocycles. The monoisotopic (exact) mass is 438 g/mol. The Balaban J connectivity index is 1.54. The van der Waals surface area contributed by atoms with Crippen molar-refractivity contribution in [3.05, 3.63) is 35.5 Å². The maximum absolute atomic E-state index is 14.3. The van der Waals surface area contributed by atoms with E-state index in [4.69, 9.17) is 11.6 Å². The molecule has 0 aliphatic carbocycles. The molecule has 2 N–H and O–H groups in total. The highest BCUT2D eigenvalue weighted by atomic mass is 35.5. The van der Waals surface area contributed by atoms with Crippen LogP contribution in [0.15, 0.2) is 24.7 Å². The highest BCUT2D eigenvalue weighted by Crippen LogP contribution is 2.28. The lowest BCUT2D eigenvalue weighted by molar-refractivity contribution is 0.276. The van der Waals surface area contributed by atoms with Crippen LogP contribution in [0.5, 0.6) is 0 Å². The Labute approximate surface area is 172 Å². The zero-order chi connectivity index (χ0) is 20.6. The van der Waals surface area contributed by atoms with E-state index in [1.165, 1.54) is 16.8 Å². The summed E-state index contributed by atoms with van der Waals surface area (Å²) in [5.41, 5.74) is 1.30. The normalized spacial score (nSPS) is 18.2. The van der Waals surface area contributed by atoms with E-state index < -0.39 is 15.8 Å². The molecule has 1 fully saturated rings. The minimum Gasteiger partial charge on any atom is -0.367 e. The molecule has 154 valence electrons. The average Bonchev–Trinajstić information content (AvgIpc) is 3.10. The lowest BCUT2D eigenvalue weighted by Crippen LogP contribution is -2.41. The number of sulfonamides is 1. The van der Waals surface area contributed by atoms with E-state index in [9.17, 15) is 12.8 Å². The van der Waals surface area contributed by atoms with Crippen LogP contribution >= 0.6 is 11.6 Å². The first-order chi connectivity index (χ1) is 13.8. The Hall–Kier alpha value is -2.30. The molecule has 4 rings (SSSR count). The van der Waals surface area contributed by atoms with E-state index in [-0.39, 0.29) is 11.7 Å². The van der Waals surface area contributed by atoms with E-state index in [1.807, 2.05) is 0 Å². The number of nitrogens with one attached hydrogen (secondary N) is 2. The lowest BCUT2D eigenvalue weighted by Gasteiger charge is -2.31. The smallest absolute Gasteiger partial charge is 0.211 e. The van der Waals surface area contributed by atoms with Gasteiger partial charge in [0.05, 0.1) is 17.5 Å². The minimum atomic E-state index is -3.22. The van der Waals surface area contributed by atoms with Crippen LogP contribution in [0.2, 0.25) is 5.02 Å². The predicted octanol–water partition coefficient (Wildman–Crippen LogP) is 2.90. The molecule has 1 aliphatic heterocycles. The first-order valence-electron chi connectivity index (χ1n) is 9.16.